The number of hydrogen-bond donors (Lipinski definition) is 0. The lowest BCUT2D eigenvalue weighted by Crippen LogP contribution is -2.21. The third kappa shape index (κ3) is 5.38. The number of benzene rings is 9. The van der Waals surface area contributed by atoms with Crippen LogP contribution < -0.4 is 0 Å². The minimum Gasteiger partial charge on any atom is -0.0622 e. The van der Waals surface area contributed by atoms with Crippen molar-refractivity contribution in [3.63, 3.8) is 0 Å². The van der Waals surface area contributed by atoms with E-state index in [1.54, 1.807) is 0 Å². The molecule has 0 amide bonds. The summed E-state index contributed by atoms with van der Waals surface area (Å²) in [5, 5.41) is 5.39. The maximum absolute atomic E-state index is 2.59. The Labute approximate surface area is 383 Å². The molecule has 9 aromatic carbocycles. The molecule has 0 N–H and O–H groups in total. The van der Waals surface area contributed by atoms with Gasteiger partial charge in [-0.05, 0) is 210 Å². The van der Waals surface area contributed by atoms with Crippen molar-refractivity contribution in [3.8, 4) is 55.6 Å². The molecule has 65 heavy (non-hydrogen) atoms. The topological polar surface area (TPSA) is 0 Å². The quantitative estimate of drug-likeness (QED) is 0.155. The van der Waals surface area contributed by atoms with Gasteiger partial charge < -0.3 is 0 Å². The normalized spacial score (nSPS) is 16.2. The second-order valence-electron chi connectivity index (χ2n) is 19.5. The maximum Gasteiger partial charge on any atom is 0.0212 e. The zero-order valence-corrected chi connectivity index (χ0v) is 38.2. The molecule has 0 radical (unpaired) electrons. The van der Waals surface area contributed by atoms with Gasteiger partial charge in [0.25, 0.3) is 0 Å². The highest BCUT2D eigenvalue weighted by molar-refractivity contribution is 6.32. The van der Waals surface area contributed by atoms with E-state index in [0.717, 1.165) is 0 Å². The minimum absolute atomic E-state index is 0.172. The number of fused-ring (bicyclic) bond motifs is 10. The predicted molar refractivity (Wildman–Crippen MR) is 278 cm³/mol. The van der Waals surface area contributed by atoms with Crippen LogP contribution in [0.2, 0.25) is 0 Å². The third-order valence-electron chi connectivity index (χ3n) is 15.3. The lowest BCUT2D eigenvalue weighted by molar-refractivity contribution is 0.754. The molecule has 0 spiro atoms. The first-order chi connectivity index (χ1) is 31.6. The van der Waals surface area contributed by atoms with Crippen LogP contribution in [0.25, 0.3) is 100.0 Å². The molecule has 2 atom stereocenters. The summed E-state index contributed by atoms with van der Waals surface area (Å²) in [6.07, 6.45) is 7.58. The van der Waals surface area contributed by atoms with Crippen molar-refractivity contribution in [2.75, 3.05) is 0 Å². The number of allylic oxidation sites excluding steroid dienone is 5. The van der Waals surface area contributed by atoms with Crippen LogP contribution in [-0.4, -0.2) is 0 Å². The average molecular weight is 831 g/mol. The molecule has 2 unspecified atom stereocenters. The molecule has 4 aliphatic rings. The molecule has 0 fully saturated rings. The van der Waals surface area contributed by atoms with Gasteiger partial charge in [0.05, 0.1) is 0 Å². The molecule has 9 aromatic rings. The van der Waals surface area contributed by atoms with Crippen molar-refractivity contribution in [3.05, 3.63) is 225 Å². The van der Waals surface area contributed by atoms with E-state index < -0.39 is 0 Å². The van der Waals surface area contributed by atoms with E-state index >= 15 is 0 Å². The Morgan fingerprint density at radius 3 is 1.55 bits per heavy atom. The summed E-state index contributed by atoms with van der Waals surface area (Å²) in [6.45, 7) is 15.9. The maximum atomic E-state index is 2.59. The zero-order chi connectivity index (χ0) is 44.0. The summed E-state index contributed by atoms with van der Waals surface area (Å²) in [6, 6.07) is 56.1. The summed E-state index contributed by atoms with van der Waals surface area (Å²) in [7, 11) is 0. The molecule has 0 nitrogen and oxygen atoms in total. The van der Waals surface area contributed by atoms with E-state index in [4.69, 9.17) is 0 Å². The van der Waals surface area contributed by atoms with Gasteiger partial charge in [0, 0.05) is 11.8 Å². The van der Waals surface area contributed by atoms with E-state index in [9.17, 15) is 0 Å². The second-order valence-corrected chi connectivity index (χ2v) is 19.5. The van der Waals surface area contributed by atoms with E-state index in [0.29, 0.717) is 0 Å². The first-order valence-electron chi connectivity index (χ1n) is 23.4. The van der Waals surface area contributed by atoms with Crippen LogP contribution >= 0.6 is 0 Å². The molecule has 0 heteroatoms. The van der Waals surface area contributed by atoms with E-state index in [1.807, 2.05) is 0 Å². The van der Waals surface area contributed by atoms with Crippen molar-refractivity contribution in [2.24, 2.45) is 5.92 Å². The van der Waals surface area contributed by atoms with Crippen molar-refractivity contribution in [2.45, 2.75) is 54.4 Å². The molecule has 0 saturated heterocycles. The lowest BCUT2D eigenvalue weighted by Gasteiger charge is -2.37. The van der Waals surface area contributed by atoms with E-state index in [-0.39, 0.29) is 11.8 Å². The predicted octanol–water partition coefficient (Wildman–Crippen LogP) is 17.5. The lowest BCUT2D eigenvalue weighted by atomic mass is 9.66. The van der Waals surface area contributed by atoms with Gasteiger partial charge >= 0.3 is 0 Å². The summed E-state index contributed by atoms with van der Waals surface area (Å²) in [4.78, 5) is 0. The number of aryl methyl sites for hydroxylation is 7. The molecule has 0 heterocycles. The summed E-state index contributed by atoms with van der Waals surface area (Å²) in [5.74, 6) is 0.349. The molecule has 13 rings (SSSR count). The molecule has 0 bridgehead atoms. The molecule has 0 aliphatic heterocycles. The Morgan fingerprint density at radius 1 is 0.323 bits per heavy atom. The Balaban J connectivity index is 1.19. The fourth-order valence-electron chi connectivity index (χ4n) is 13.2. The van der Waals surface area contributed by atoms with Gasteiger partial charge in [0.15, 0.2) is 0 Å². The molecule has 310 valence electrons. The molecular weight excluding hydrogens is 781 g/mol. The monoisotopic (exact) mass is 830 g/mol. The smallest absolute Gasteiger partial charge is 0.0212 e. The molecule has 4 aliphatic carbocycles. The average Bonchev–Trinajstić information content (AvgIpc) is 3.78. The van der Waals surface area contributed by atoms with Gasteiger partial charge in [-0.2, -0.15) is 0 Å². The van der Waals surface area contributed by atoms with Crippen molar-refractivity contribution >= 4 is 44.3 Å². The highest BCUT2D eigenvalue weighted by Crippen LogP contribution is 2.66. The summed E-state index contributed by atoms with van der Waals surface area (Å²) < 4.78 is 0. The van der Waals surface area contributed by atoms with Crippen LogP contribution in [0.5, 0.6) is 0 Å². The van der Waals surface area contributed by atoms with Crippen molar-refractivity contribution in [1.82, 2.24) is 0 Å². The highest BCUT2D eigenvalue weighted by Gasteiger charge is 2.47. The molecule has 0 aromatic heterocycles. The SMILES string of the molecule is Cc1cc(C)c(C2=CC=C3c4c(c(-c5ccccc5)c5c(cc6c7c(cc(C)cc75)-c5cc(-c7c(C)cc(C)cc7C)ccc5-6)c4-c4ccccc4)C4=Cc5ccccc5C2C34)c(C)c1. The third-order valence-corrected chi connectivity index (χ3v) is 15.3. The van der Waals surface area contributed by atoms with Gasteiger partial charge in [-0.3, -0.25) is 0 Å². The largest absolute Gasteiger partial charge is 0.0622 e. The van der Waals surface area contributed by atoms with Gasteiger partial charge in [-0.15, -0.1) is 0 Å². The Hall–Kier alpha value is -7.28. The van der Waals surface area contributed by atoms with E-state index in [2.05, 4.69) is 212 Å². The summed E-state index contributed by atoms with van der Waals surface area (Å²) >= 11 is 0. The highest BCUT2D eigenvalue weighted by atomic mass is 14.5. The van der Waals surface area contributed by atoms with Gasteiger partial charge in [0.1, 0.15) is 0 Å². The van der Waals surface area contributed by atoms with Crippen LogP contribution in [0.1, 0.15) is 72.7 Å². The van der Waals surface area contributed by atoms with Gasteiger partial charge in [0.2, 0.25) is 0 Å². The molecule has 0 saturated carbocycles. The van der Waals surface area contributed by atoms with Crippen LogP contribution in [-0.2, 0) is 0 Å². The van der Waals surface area contributed by atoms with Gasteiger partial charge in [-0.1, -0.05) is 163 Å². The zero-order valence-electron chi connectivity index (χ0n) is 38.2. The Morgan fingerprint density at radius 2 is 0.877 bits per heavy atom. The van der Waals surface area contributed by atoms with Crippen molar-refractivity contribution in [1.29, 1.82) is 0 Å². The standard InChI is InChI=1S/C65H50/c1-35-26-38(4)56(39(5)27-35)45-22-23-47-50(33-45)51-30-37(3)31-53-60(51)52(47)34-55-58(42-16-10-8-11-17-42)64-49-25-24-48(57-40(6)28-36(2)29-41(57)7)61-46-21-15-14-20-44(46)32-54(62(49)61)65(64)59(63(53)55)43-18-12-9-13-19-43/h8-34,61-62H,1-7H3. The minimum atomic E-state index is 0.172. The Kier molecular flexibility index (Phi) is 8.15. The number of rotatable bonds is 4. The fourth-order valence-corrected chi connectivity index (χ4v) is 13.2. The first-order valence-corrected chi connectivity index (χ1v) is 23.4. The fraction of sp³-hybridized carbons (Fsp3) is 0.138. The van der Waals surface area contributed by atoms with E-state index in [1.165, 1.54) is 161 Å². The van der Waals surface area contributed by atoms with Crippen molar-refractivity contribution < 1.29 is 0 Å². The first kappa shape index (κ1) is 38.2. The van der Waals surface area contributed by atoms with Crippen LogP contribution in [0.4, 0.5) is 0 Å². The summed E-state index contributed by atoms with van der Waals surface area (Å²) in [5.41, 5.74) is 33.7. The van der Waals surface area contributed by atoms with Crippen LogP contribution in [0.15, 0.2) is 158 Å². The Bertz CT molecular complexity index is 3650. The van der Waals surface area contributed by atoms with Crippen LogP contribution in [0.3, 0.4) is 0 Å². The van der Waals surface area contributed by atoms with Crippen LogP contribution in [0, 0.1) is 54.4 Å². The second kappa shape index (κ2) is 13.9. The molecular formula is C65H50. The number of hydrogen-bond acceptors (Lipinski definition) is 0. The van der Waals surface area contributed by atoms with Gasteiger partial charge in [-0.25, -0.2) is 0 Å².